The maximum absolute atomic E-state index is 5.59. The predicted molar refractivity (Wildman–Crippen MR) is 74.6 cm³/mol. The molecule has 0 radical (unpaired) electrons. The van der Waals surface area contributed by atoms with E-state index in [2.05, 4.69) is 31.2 Å². The number of aromatic nitrogens is 2. The topological polar surface area (TPSA) is 51.0 Å². The zero-order valence-corrected chi connectivity index (χ0v) is 12.3. The Bertz CT molecular complexity index is 539. The number of anilines is 1. The van der Waals surface area contributed by atoms with E-state index in [1.54, 1.807) is 0 Å². The highest BCUT2D eigenvalue weighted by molar-refractivity contribution is 9.10. The first kappa shape index (κ1) is 13.1. The van der Waals surface area contributed by atoms with Crippen LogP contribution in [0.15, 0.2) is 27.2 Å². The van der Waals surface area contributed by atoms with Crippen molar-refractivity contribution in [3.63, 3.8) is 0 Å². The molecule has 0 aromatic carbocycles. The van der Waals surface area contributed by atoms with E-state index in [4.69, 9.17) is 4.42 Å². The lowest BCUT2D eigenvalue weighted by atomic mass is 10.2. The summed E-state index contributed by atoms with van der Waals surface area (Å²) in [5.41, 5.74) is 0. The normalized spacial score (nSPS) is 12.4. The highest BCUT2D eigenvalue weighted by Crippen LogP contribution is 2.21. The van der Waals surface area contributed by atoms with Crippen LogP contribution in [0, 0.1) is 6.92 Å². The van der Waals surface area contributed by atoms with Crippen molar-refractivity contribution in [1.29, 1.82) is 0 Å². The van der Waals surface area contributed by atoms with E-state index >= 15 is 0 Å². The molecule has 0 saturated heterocycles. The van der Waals surface area contributed by atoms with Crippen LogP contribution in [0.2, 0.25) is 0 Å². The summed E-state index contributed by atoms with van der Waals surface area (Å²) < 4.78 is 6.38. The smallest absolute Gasteiger partial charge is 0.131 e. The average molecular weight is 310 g/mol. The Kier molecular flexibility index (Phi) is 4.01. The number of hydrogen-bond donors (Lipinski definition) is 1. The Balaban J connectivity index is 2.16. The molecule has 96 valence electrons. The van der Waals surface area contributed by atoms with Gasteiger partial charge in [-0.05, 0) is 41.9 Å². The molecule has 5 heteroatoms. The molecule has 0 amide bonds. The minimum atomic E-state index is 0.0743. The van der Waals surface area contributed by atoms with Crippen LogP contribution in [-0.2, 0) is 6.42 Å². The molecule has 18 heavy (non-hydrogen) atoms. The summed E-state index contributed by atoms with van der Waals surface area (Å²) >= 11 is 3.39. The largest absolute Gasteiger partial charge is 0.464 e. The SMILES string of the molecule is CCc1nc(Br)cc(NC(C)c2ccc(C)o2)n1. The van der Waals surface area contributed by atoms with Crippen LogP contribution in [0.1, 0.15) is 37.2 Å². The Morgan fingerprint density at radius 2 is 2.17 bits per heavy atom. The first-order chi connectivity index (χ1) is 8.58. The van der Waals surface area contributed by atoms with E-state index in [1.807, 2.05) is 39.0 Å². The fourth-order valence-corrected chi connectivity index (χ4v) is 2.10. The minimum Gasteiger partial charge on any atom is -0.464 e. The van der Waals surface area contributed by atoms with Gasteiger partial charge in [-0.15, -0.1) is 0 Å². The third-order valence-electron chi connectivity index (χ3n) is 2.61. The molecule has 1 atom stereocenters. The molecule has 1 unspecified atom stereocenters. The lowest BCUT2D eigenvalue weighted by molar-refractivity contribution is 0.466. The van der Waals surface area contributed by atoms with Crippen molar-refractivity contribution >= 4 is 21.7 Å². The van der Waals surface area contributed by atoms with Gasteiger partial charge in [0.05, 0.1) is 6.04 Å². The van der Waals surface area contributed by atoms with Crippen LogP contribution in [0.25, 0.3) is 0 Å². The summed E-state index contributed by atoms with van der Waals surface area (Å²) in [5, 5.41) is 3.31. The van der Waals surface area contributed by atoms with Crippen molar-refractivity contribution in [2.45, 2.75) is 33.2 Å². The standard InChI is InChI=1S/C13H16BrN3O/c1-4-12-16-11(14)7-13(17-12)15-9(3)10-6-5-8(2)18-10/h5-7,9H,4H2,1-3H3,(H,15,16,17). The lowest BCUT2D eigenvalue weighted by Crippen LogP contribution is -2.08. The fourth-order valence-electron chi connectivity index (χ4n) is 1.68. The second-order valence-corrected chi connectivity index (χ2v) is 4.97. The van der Waals surface area contributed by atoms with Crippen molar-refractivity contribution in [2.24, 2.45) is 0 Å². The summed E-state index contributed by atoms with van der Waals surface area (Å²) in [4.78, 5) is 8.71. The third kappa shape index (κ3) is 3.10. The second-order valence-electron chi connectivity index (χ2n) is 4.16. The van der Waals surface area contributed by atoms with Crippen LogP contribution in [0.4, 0.5) is 5.82 Å². The number of rotatable bonds is 4. The van der Waals surface area contributed by atoms with E-state index in [9.17, 15) is 0 Å². The van der Waals surface area contributed by atoms with E-state index in [1.165, 1.54) is 0 Å². The fraction of sp³-hybridized carbons (Fsp3) is 0.385. The monoisotopic (exact) mass is 309 g/mol. The summed E-state index contributed by atoms with van der Waals surface area (Å²) in [6, 6.07) is 5.88. The van der Waals surface area contributed by atoms with Crippen LogP contribution >= 0.6 is 15.9 Å². The molecule has 1 N–H and O–H groups in total. The van der Waals surface area contributed by atoms with Crippen molar-refractivity contribution in [1.82, 2.24) is 9.97 Å². The van der Waals surface area contributed by atoms with Crippen LogP contribution in [-0.4, -0.2) is 9.97 Å². The first-order valence-electron chi connectivity index (χ1n) is 5.95. The lowest BCUT2D eigenvalue weighted by Gasteiger charge is -2.13. The van der Waals surface area contributed by atoms with Crippen LogP contribution < -0.4 is 5.32 Å². The van der Waals surface area contributed by atoms with E-state index < -0.39 is 0 Å². The molecule has 0 fully saturated rings. The van der Waals surface area contributed by atoms with E-state index in [0.717, 1.165) is 34.2 Å². The molecule has 0 aliphatic heterocycles. The number of furan rings is 1. The first-order valence-corrected chi connectivity index (χ1v) is 6.74. The zero-order valence-electron chi connectivity index (χ0n) is 10.7. The molecule has 2 rings (SSSR count). The maximum Gasteiger partial charge on any atom is 0.131 e. The molecule has 0 spiro atoms. The third-order valence-corrected chi connectivity index (χ3v) is 3.02. The van der Waals surface area contributed by atoms with Gasteiger partial charge in [-0.3, -0.25) is 0 Å². The number of nitrogens with one attached hydrogen (secondary N) is 1. The van der Waals surface area contributed by atoms with Gasteiger partial charge in [-0.25, -0.2) is 9.97 Å². The van der Waals surface area contributed by atoms with E-state index in [-0.39, 0.29) is 6.04 Å². The van der Waals surface area contributed by atoms with Gasteiger partial charge in [0, 0.05) is 12.5 Å². The quantitative estimate of drug-likeness (QED) is 0.871. The molecule has 2 heterocycles. The van der Waals surface area contributed by atoms with Gasteiger partial charge >= 0.3 is 0 Å². The molecule has 0 aliphatic carbocycles. The molecule has 0 aliphatic rings. The Morgan fingerprint density at radius 1 is 1.39 bits per heavy atom. The van der Waals surface area contributed by atoms with Crippen molar-refractivity contribution in [2.75, 3.05) is 5.32 Å². The van der Waals surface area contributed by atoms with Gasteiger partial charge in [-0.1, -0.05) is 6.92 Å². The summed E-state index contributed by atoms with van der Waals surface area (Å²) in [6.45, 7) is 6.01. The second kappa shape index (κ2) is 5.52. The van der Waals surface area contributed by atoms with Gasteiger partial charge in [0.2, 0.25) is 0 Å². The van der Waals surface area contributed by atoms with Crippen molar-refractivity contribution in [3.05, 3.63) is 40.1 Å². The zero-order chi connectivity index (χ0) is 13.1. The number of aryl methyl sites for hydroxylation is 2. The predicted octanol–water partition coefficient (Wildman–Crippen LogP) is 3.88. The van der Waals surface area contributed by atoms with Gasteiger partial charge in [-0.2, -0.15) is 0 Å². The minimum absolute atomic E-state index is 0.0743. The van der Waals surface area contributed by atoms with Gasteiger partial charge in [0.25, 0.3) is 0 Å². The number of nitrogens with zero attached hydrogens (tertiary/aromatic N) is 2. The molecule has 0 saturated carbocycles. The van der Waals surface area contributed by atoms with Crippen LogP contribution in [0.3, 0.4) is 0 Å². The highest BCUT2D eigenvalue weighted by atomic mass is 79.9. The maximum atomic E-state index is 5.59. The summed E-state index contributed by atoms with van der Waals surface area (Å²) in [6.07, 6.45) is 0.808. The molecule has 2 aromatic heterocycles. The molecular formula is C13H16BrN3O. The molecular weight excluding hydrogens is 294 g/mol. The van der Waals surface area contributed by atoms with Gasteiger partial charge in [0.15, 0.2) is 0 Å². The number of halogens is 1. The molecule has 4 nitrogen and oxygen atoms in total. The van der Waals surface area contributed by atoms with E-state index in [0.29, 0.717) is 0 Å². The Labute approximate surface area is 115 Å². The van der Waals surface area contributed by atoms with Gasteiger partial charge in [0.1, 0.15) is 27.8 Å². The van der Waals surface area contributed by atoms with Crippen molar-refractivity contribution < 1.29 is 4.42 Å². The molecule has 0 bridgehead atoms. The number of hydrogen-bond acceptors (Lipinski definition) is 4. The Morgan fingerprint density at radius 3 is 2.78 bits per heavy atom. The van der Waals surface area contributed by atoms with Gasteiger partial charge < -0.3 is 9.73 Å². The molecule has 2 aromatic rings. The summed E-state index contributed by atoms with van der Waals surface area (Å²) in [7, 11) is 0. The Hall–Kier alpha value is -1.36. The van der Waals surface area contributed by atoms with Crippen LogP contribution in [0.5, 0.6) is 0 Å². The summed E-state index contributed by atoms with van der Waals surface area (Å²) in [5.74, 6) is 3.43. The average Bonchev–Trinajstić information content (AvgIpc) is 2.75. The van der Waals surface area contributed by atoms with Crippen molar-refractivity contribution in [3.8, 4) is 0 Å². The highest BCUT2D eigenvalue weighted by Gasteiger charge is 2.11.